The van der Waals surface area contributed by atoms with Crippen LogP contribution in [0, 0.1) is 13.8 Å². The SMILES string of the molecule is Cc1cc(-c2cc(-c3cc(S(=O)(=O)N4CCOC[C@@H]4C)ccc3C)cnc2N)on1.S. The van der Waals surface area contributed by atoms with Crippen LogP contribution < -0.4 is 5.73 Å². The van der Waals surface area contributed by atoms with E-state index in [4.69, 9.17) is 15.0 Å². The topological polar surface area (TPSA) is 112 Å². The van der Waals surface area contributed by atoms with Gasteiger partial charge in [0.2, 0.25) is 10.0 Å². The van der Waals surface area contributed by atoms with Crippen LogP contribution in [0.25, 0.3) is 22.5 Å². The molecule has 0 spiro atoms. The maximum atomic E-state index is 13.2. The van der Waals surface area contributed by atoms with Crippen LogP contribution in [0.2, 0.25) is 0 Å². The molecular weight excluding hydrogens is 436 g/mol. The number of morpholine rings is 1. The van der Waals surface area contributed by atoms with Crippen molar-refractivity contribution in [2.75, 3.05) is 25.5 Å². The van der Waals surface area contributed by atoms with Gasteiger partial charge in [0, 0.05) is 30.4 Å². The van der Waals surface area contributed by atoms with Gasteiger partial charge in [0.25, 0.3) is 0 Å². The lowest BCUT2D eigenvalue weighted by molar-refractivity contribution is 0.0393. The Morgan fingerprint density at radius 3 is 2.61 bits per heavy atom. The zero-order chi connectivity index (χ0) is 21.5. The molecule has 166 valence electrons. The van der Waals surface area contributed by atoms with Gasteiger partial charge in [-0.1, -0.05) is 11.2 Å². The average Bonchev–Trinajstić information content (AvgIpc) is 3.15. The van der Waals surface area contributed by atoms with Gasteiger partial charge in [-0.2, -0.15) is 17.8 Å². The van der Waals surface area contributed by atoms with Gasteiger partial charge < -0.3 is 15.0 Å². The van der Waals surface area contributed by atoms with Crippen LogP contribution in [-0.2, 0) is 14.8 Å². The number of hydrogen-bond acceptors (Lipinski definition) is 7. The molecule has 0 aliphatic carbocycles. The number of benzene rings is 1. The van der Waals surface area contributed by atoms with E-state index >= 15 is 0 Å². The van der Waals surface area contributed by atoms with Crippen molar-refractivity contribution in [3.8, 4) is 22.5 Å². The molecule has 1 saturated heterocycles. The summed E-state index contributed by atoms with van der Waals surface area (Å²) in [6, 6.07) is 8.55. The average molecular weight is 463 g/mol. The van der Waals surface area contributed by atoms with Crippen LogP contribution in [-0.4, -0.2) is 48.7 Å². The van der Waals surface area contributed by atoms with Crippen molar-refractivity contribution in [2.24, 2.45) is 0 Å². The summed E-state index contributed by atoms with van der Waals surface area (Å²) in [7, 11) is -3.65. The van der Waals surface area contributed by atoms with E-state index in [0.29, 0.717) is 36.9 Å². The molecule has 0 saturated carbocycles. The molecule has 1 aliphatic heterocycles. The van der Waals surface area contributed by atoms with E-state index in [1.807, 2.05) is 32.9 Å². The van der Waals surface area contributed by atoms with E-state index in [1.54, 1.807) is 24.4 Å². The first-order chi connectivity index (χ1) is 14.3. The number of aromatic nitrogens is 2. The number of nitrogens with zero attached hydrogens (tertiary/aromatic N) is 3. The first kappa shape index (κ1) is 23.3. The van der Waals surface area contributed by atoms with E-state index in [9.17, 15) is 8.42 Å². The van der Waals surface area contributed by atoms with E-state index in [-0.39, 0.29) is 24.4 Å². The molecule has 3 heterocycles. The second kappa shape index (κ2) is 8.99. The molecule has 31 heavy (non-hydrogen) atoms. The third-order valence-corrected chi connectivity index (χ3v) is 7.25. The first-order valence-corrected chi connectivity index (χ1v) is 11.1. The van der Waals surface area contributed by atoms with Gasteiger partial charge in [-0.05, 0) is 50.1 Å². The maximum absolute atomic E-state index is 13.2. The number of hydrogen-bond donors (Lipinski definition) is 1. The van der Waals surface area contributed by atoms with Crippen molar-refractivity contribution < 1.29 is 17.7 Å². The largest absolute Gasteiger partial charge is 0.383 e. The molecule has 0 bridgehead atoms. The van der Waals surface area contributed by atoms with Crippen molar-refractivity contribution in [1.29, 1.82) is 0 Å². The van der Waals surface area contributed by atoms with Crippen molar-refractivity contribution in [3.63, 3.8) is 0 Å². The standard InChI is InChI=1S/C21H24N4O4S.H2S/c1-13-4-5-17(30(26,27)25-6-7-28-12-15(25)3)10-18(13)16-9-19(21(22)23-11-16)20-8-14(2)24-29-20;/h4-5,8-11,15H,6-7,12H2,1-3H3,(H2,22,23);1H2/t15-;/m0./s1. The predicted molar refractivity (Wildman–Crippen MR) is 124 cm³/mol. The minimum atomic E-state index is -3.65. The maximum Gasteiger partial charge on any atom is 0.243 e. The van der Waals surface area contributed by atoms with Crippen LogP contribution in [0.1, 0.15) is 18.2 Å². The summed E-state index contributed by atoms with van der Waals surface area (Å²) in [5.74, 6) is 0.835. The predicted octanol–water partition coefficient (Wildman–Crippen LogP) is 3.12. The summed E-state index contributed by atoms with van der Waals surface area (Å²) in [5, 5.41) is 3.91. The molecule has 1 atom stereocenters. The fraction of sp³-hybridized carbons (Fsp3) is 0.333. The van der Waals surface area contributed by atoms with Crippen molar-refractivity contribution >= 4 is 29.3 Å². The number of nitrogen functional groups attached to an aromatic ring is 1. The summed E-state index contributed by atoms with van der Waals surface area (Å²) < 4.78 is 38.7. The number of aryl methyl sites for hydroxylation is 2. The molecule has 8 nitrogen and oxygen atoms in total. The van der Waals surface area contributed by atoms with Gasteiger partial charge in [-0.3, -0.25) is 0 Å². The van der Waals surface area contributed by atoms with Crippen LogP contribution in [0.15, 0.2) is 45.9 Å². The molecule has 2 aromatic heterocycles. The van der Waals surface area contributed by atoms with Gasteiger partial charge in [0.1, 0.15) is 5.82 Å². The summed E-state index contributed by atoms with van der Waals surface area (Å²) in [4.78, 5) is 4.53. The number of ether oxygens (including phenoxy) is 1. The Kier molecular flexibility index (Phi) is 6.75. The number of pyridine rings is 1. The number of rotatable bonds is 4. The van der Waals surface area contributed by atoms with E-state index in [2.05, 4.69) is 10.1 Å². The second-order valence-electron chi connectivity index (χ2n) is 7.51. The van der Waals surface area contributed by atoms with Crippen molar-refractivity contribution in [2.45, 2.75) is 31.7 Å². The molecule has 1 aromatic carbocycles. The first-order valence-electron chi connectivity index (χ1n) is 9.67. The Labute approximate surface area is 188 Å². The third-order valence-electron chi connectivity index (χ3n) is 5.25. The lowest BCUT2D eigenvalue weighted by Crippen LogP contribution is -2.46. The number of sulfonamides is 1. The summed E-state index contributed by atoms with van der Waals surface area (Å²) in [5.41, 5.74) is 9.83. The number of anilines is 1. The molecule has 1 fully saturated rings. The summed E-state index contributed by atoms with van der Waals surface area (Å²) in [6.07, 6.45) is 1.64. The molecule has 0 unspecified atom stereocenters. The zero-order valence-corrected chi connectivity index (χ0v) is 19.4. The molecule has 1 aliphatic rings. The van der Waals surface area contributed by atoms with Crippen LogP contribution in [0.3, 0.4) is 0 Å². The minimum absolute atomic E-state index is 0. The van der Waals surface area contributed by atoms with Crippen molar-refractivity contribution in [3.05, 3.63) is 47.8 Å². The normalized spacial score (nSPS) is 17.3. The quantitative estimate of drug-likeness (QED) is 0.634. The molecule has 10 heteroatoms. The third kappa shape index (κ3) is 4.47. The monoisotopic (exact) mass is 462 g/mol. The number of nitrogens with two attached hydrogens (primary N) is 1. The van der Waals surface area contributed by atoms with Gasteiger partial charge >= 0.3 is 0 Å². The van der Waals surface area contributed by atoms with Crippen molar-refractivity contribution in [1.82, 2.24) is 14.4 Å². The summed E-state index contributed by atoms with van der Waals surface area (Å²) >= 11 is 0. The van der Waals surface area contributed by atoms with Crippen LogP contribution in [0.4, 0.5) is 5.82 Å². The van der Waals surface area contributed by atoms with E-state index < -0.39 is 10.0 Å². The van der Waals surface area contributed by atoms with Crippen LogP contribution in [0.5, 0.6) is 0 Å². The highest BCUT2D eigenvalue weighted by Gasteiger charge is 2.31. The highest BCUT2D eigenvalue weighted by Crippen LogP contribution is 2.33. The molecule has 0 amide bonds. The molecule has 2 N–H and O–H groups in total. The fourth-order valence-electron chi connectivity index (χ4n) is 3.59. The van der Waals surface area contributed by atoms with Gasteiger partial charge in [0.05, 0.1) is 29.4 Å². The Bertz CT molecular complexity index is 1190. The smallest absolute Gasteiger partial charge is 0.243 e. The minimum Gasteiger partial charge on any atom is -0.383 e. The lowest BCUT2D eigenvalue weighted by Gasteiger charge is -2.32. The van der Waals surface area contributed by atoms with Crippen LogP contribution >= 0.6 is 13.5 Å². The Balaban J connectivity index is 0.00000272. The van der Waals surface area contributed by atoms with E-state index in [1.165, 1.54) is 4.31 Å². The Morgan fingerprint density at radius 1 is 1.16 bits per heavy atom. The highest BCUT2D eigenvalue weighted by molar-refractivity contribution is 7.89. The van der Waals surface area contributed by atoms with Gasteiger partial charge in [-0.15, -0.1) is 0 Å². The zero-order valence-electron chi connectivity index (χ0n) is 17.6. The highest BCUT2D eigenvalue weighted by atomic mass is 32.2. The Morgan fingerprint density at radius 2 is 1.94 bits per heavy atom. The van der Waals surface area contributed by atoms with E-state index in [0.717, 1.165) is 22.4 Å². The molecule has 4 rings (SSSR count). The second-order valence-corrected chi connectivity index (χ2v) is 9.40. The lowest BCUT2D eigenvalue weighted by atomic mass is 10.00. The molecule has 3 aromatic rings. The Hall–Kier alpha value is -2.40. The van der Waals surface area contributed by atoms with Gasteiger partial charge in [-0.25, -0.2) is 13.4 Å². The molecule has 0 radical (unpaired) electrons. The molecular formula is C21H26N4O4S2. The summed E-state index contributed by atoms with van der Waals surface area (Å²) in [6.45, 7) is 6.72. The fourth-order valence-corrected chi connectivity index (χ4v) is 5.21. The van der Waals surface area contributed by atoms with Gasteiger partial charge in [0.15, 0.2) is 5.76 Å².